The van der Waals surface area contributed by atoms with Crippen LogP contribution in [0.1, 0.15) is 37.3 Å². The third-order valence-electron chi connectivity index (χ3n) is 5.61. The van der Waals surface area contributed by atoms with Gasteiger partial charge in [0, 0.05) is 14.6 Å². The van der Waals surface area contributed by atoms with Crippen LogP contribution in [-0.2, 0) is 0 Å². The van der Waals surface area contributed by atoms with Crippen LogP contribution in [0.25, 0.3) is 11.0 Å². The van der Waals surface area contributed by atoms with Crippen molar-refractivity contribution in [3.63, 3.8) is 0 Å². The number of halogens is 2. The van der Waals surface area contributed by atoms with Gasteiger partial charge < -0.3 is 15.2 Å². The van der Waals surface area contributed by atoms with Crippen molar-refractivity contribution in [1.82, 2.24) is 15.3 Å². The van der Waals surface area contributed by atoms with E-state index in [4.69, 9.17) is 4.99 Å². The van der Waals surface area contributed by atoms with Gasteiger partial charge in [0.2, 0.25) is 0 Å². The molecule has 1 saturated carbocycles. The monoisotopic (exact) mass is 513 g/mol. The van der Waals surface area contributed by atoms with Crippen LogP contribution in [0.4, 0.5) is 5.69 Å². The lowest BCUT2D eigenvalue weighted by atomic mass is 10.0. The molecule has 29 heavy (non-hydrogen) atoms. The zero-order valence-corrected chi connectivity index (χ0v) is 19.0. The minimum Gasteiger partial charge on any atom is -0.345 e. The number of anilines is 1. The second kappa shape index (κ2) is 7.61. The van der Waals surface area contributed by atoms with E-state index >= 15 is 0 Å². The molecule has 2 aromatic carbocycles. The van der Waals surface area contributed by atoms with E-state index in [2.05, 4.69) is 89.0 Å². The predicted molar refractivity (Wildman–Crippen MR) is 125 cm³/mol. The van der Waals surface area contributed by atoms with Crippen LogP contribution in [0.15, 0.2) is 69.1 Å². The minimum atomic E-state index is -0.0581. The van der Waals surface area contributed by atoms with Crippen LogP contribution in [-0.4, -0.2) is 21.8 Å². The average molecular weight is 515 g/mol. The fourth-order valence-corrected chi connectivity index (χ4v) is 5.63. The highest BCUT2D eigenvalue weighted by molar-refractivity contribution is 9.11. The van der Waals surface area contributed by atoms with Gasteiger partial charge in [-0.25, -0.2) is 4.98 Å². The van der Waals surface area contributed by atoms with Gasteiger partial charge in [0.15, 0.2) is 0 Å². The van der Waals surface area contributed by atoms with Crippen LogP contribution >= 0.6 is 31.9 Å². The summed E-state index contributed by atoms with van der Waals surface area (Å²) in [6, 6.07) is 12.9. The molecule has 0 radical (unpaired) electrons. The summed E-state index contributed by atoms with van der Waals surface area (Å²) in [5.74, 6) is 1.80. The Labute approximate surface area is 186 Å². The first-order valence-electron chi connectivity index (χ1n) is 9.80. The Kier molecular flexibility index (Phi) is 4.95. The van der Waals surface area contributed by atoms with Gasteiger partial charge in [0.25, 0.3) is 0 Å². The highest BCUT2D eigenvalue weighted by Crippen LogP contribution is 2.38. The smallest absolute Gasteiger partial charge is 0.130 e. The molecule has 1 aromatic heterocycles. The molecular weight excluding hydrogens is 494 g/mol. The molecule has 1 atom stereocenters. The summed E-state index contributed by atoms with van der Waals surface area (Å²) in [6.45, 7) is 4.31. The van der Waals surface area contributed by atoms with Crippen LogP contribution in [0.2, 0.25) is 0 Å². The lowest BCUT2D eigenvalue weighted by molar-refractivity contribution is 0.698. The number of hydrogen-bond acceptors (Lipinski definition) is 3. The molecule has 148 valence electrons. The molecule has 0 amide bonds. The van der Waals surface area contributed by atoms with Crippen molar-refractivity contribution in [2.24, 2.45) is 4.99 Å². The summed E-state index contributed by atoms with van der Waals surface area (Å²) in [5, 5.41) is 3.48. The minimum absolute atomic E-state index is 0.0581. The maximum Gasteiger partial charge on any atom is 0.130 e. The lowest BCUT2D eigenvalue weighted by Crippen LogP contribution is -2.25. The third-order valence-corrected chi connectivity index (χ3v) is 6.53. The number of aromatic amines is 1. The molecular formula is C22H21Br2N5. The van der Waals surface area contributed by atoms with Gasteiger partial charge in [-0.2, -0.15) is 0 Å². The van der Waals surface area contributed by atoms with Gasteiger partial charge in [-0.1, -0.05) is 51.3 Å². The summed E-state index contributed by atoms with van der Waals surface area (Å²) in [7, 11) is 0. The zero-order valence-electron chi connectivity index (χ0n) is 15.8. The van der Waals surface area contributed by atoms with Crippen molar-refractivity contribution in [1.29, 1.82) is 0 Å². The number of rotatable bonds is 3. The van der Waals surface area contributed by atoms with Crippen molar-refractivity contribution in [3.8, 4) is 0 Å². The summed E-state index contributed by atoms with van der Waals surface area (Å²) in [4.78, 5) is 14.9. The van der Waals surface area contributed by atoms with E-state index in [1.54, 1.807) is 6.33 Å². The predicted octanol–water partition coefficient (Wildman–Crippen LogP) is 6.05. The highest BCUT2D eigenvalue weighted by atomic mass is 79.9. The fraction of sp³-hybridized carbons (Fsp3) is 0.273. The normalized spacial score (nSPS) is 21.4. The largest absolute Gasteiger partial charge is 0.345 e. The summed E-state index contributed by atoms with van der Waals surface area (Å²) >= 11 is 7.28. The van der Waals surface area contributed by atoms with Gasteiger partial charge in [-0.05, 0) is 54.8 Å². The van der Waals surface area contributed by atoms with Crippen molar-refractivity contribution in [3.05, 3.63) is 69.6 Å². The van der Waals surface area contributed by atoms with Gasteiger partial charge >= 0.3 is 0 Å². The van der Waals surface area contributed by atoms with Crippen molar-refractivity contribution in [2.45, 2.75) is 37.8 Å². The molecule has 0 spiro atoms. The Morgan fingerprint density at radius 2 is 1.83 bits per heavy atom. The van der Waals surface area contributed by atoms with E-state index in [9.17, 15) is 0 Å². The van der Waals surface area contributed by atoms with Crippen molar-refractivity contribution in [2.75, 3.05) is 4.90 Å². The zero-order chi connectivity index (χ0) is 20.0. The molecule has 2 heterocycles. The number of nitrogens with zero attached hydrogens (tertiary/aromatic N) is 3. The van der Waals surface area contributed by atoms with Gasteiger partial charge in [0.05, 0.1) is 23.4 Å². The number of amidine groups is 1. The molecule has 2 fully saturated rings. The molecule has 2 N–H and O–H groups in total. The standard InChI is InChI=1S/C22H21Br2N5/c1-13-27-22(28-17-4-2-3-5-17)21(14-8-15(23)10-16(24)9-14)29(13)18-6-7-19-20(11-18)26-12-25-19/h6-12,17,21H,1-5H2,(H,25,26)(H,27,28). The second-order valence-corrected chi connectivity index (χ2v) is 9.43. The molecule has 2 aliphatic rings. The molecule has 0 bridgehead atoms. The van der Waals surface area contributed by atoms with E-state index in [-0.39, 0.29) is 6.04 Å². The Hall–Kier alpha value is -2.12. The molecule has 3 aromatic rings. The molecule has 1 unspecified atom stereocenters. The molecule has 1 aliphatic heterocycles. The van der Waals surface area contributed by atoms with E-state index in [1.807, 2.05) is 6.07 Å². The van der Waals surface area contributed by atoms with Gasteiger partial charge in [-0.3, -0.25) is 4.99 Å². The Bertz CT molecular complexity index is 1090. The Morgan fingerprint density at radius 1 is 1.07 bits per heavy atom. The van der Waals surface area contributed by atoms with Crippen LogP contribution in [0, 0.1) is 0 Å². The Balaban J connectivity index is 1.63. The van der Waals surface area contributed by atoms with E-state index in [0.29, 0.717) is 6.04 Å². The van der Waals surface area contributed by atoms with E-state index < -0.39 is 0 Å². The van der Waals surface area contributed by atoms with Crippen LogP contribution < -0.4 is 10.2 Å². The molecule has 5 rings (SSSR count). The van der Waals surface area contributed by atoms with E-state index in [0.717, 1.165) is 55.7 Å². The molecule has 7 heteroatoms. The van der Waals surface area contributed by atoms with Crippen LogP contribution in [0.5, 0.6) is 0 Å². The SMILES string of the molecule is C=C1NC(=NC2CCCC2)C(c2cc(Br)cc(Br)c2)N1c1ccc2nc[nH]c2c1. The van der Waals surface area contributed by atoms with E-state index in [1.165, 1.54) is 12.8 Å². The first-order chi connectivity index (χ1) is 14.1. The lowest BCUT2D eigenvalue weighted by Gasteiger charge is -2.26. The van der Waals surface area contributed by atoms with Crippen LogP contribution in [0.3, 0.4) is 0 Å². The first-order valence-corrected chi connectivity index (χ1v) is 11.4. The first kappa shape index (κ1) is 18.9. The number of hydrogen-bond donors (Lipinski definition) is 2. The summed E-state index contributed by atoms with van der Waals surface area (Å²) in [5.41, 5.74) is 4.16. The topological polar surface area (TPSA) is 56.3 Å². The third kappa shape index (κ3) is 3.62. The molecule has 1 saturated heterocycles. The number of H-pyrrole nitrogens is 1. The summed E-state index contributed by atoms with van der Waals surface area (Å²) < 4.78 is 2.06. The number of imidazole rings is 1. The second-order valence-electron chi connectivity index (χ2n) is 7.60. The number of aromatic nitrogens is 2. The van der Waals surface area contributed by atoms with Gasteiger partial charge in [0.1, 0.15) is 17.7 Å². The quantitative estimate of drug-likeness (QED) is 0.447. The average Bonchev–Trinajstić information content (AvgIpc) is 3.40. The number of fused-ring (bicyclic) bond motifs is 1. The number of benzene rings is 2. The van der Waals surface area contributed by atoms with Gasteiger partial charge in [-0.15, -0.1) is 0 Å². The number of nitrogens with one attached hydrogen (secondary N) is 2. The fourth-order valence-electron chi connectivity index (χ4n) is 4.31. The highest BCUT2D eigenvalue weighted by Gasteiger charge is 2.36. The Morgan fingerprint density at radius 3 is 2.59 bits per heavy atom. The maximum absolute atomic E-state index is 5.12. The van der Waals surface area contributed by atoms with Crippen molar-refractivity contribution < 1.29 is 0 Å². The molecule has 1 aliphatic carbocycles. The summed E-state index contributed by atoms with van der Waals surface area (Å²) in [6.07, 6.45) is 6.56. The molecule has 5 nitrogen and oxygen atoms in total. The number of aliphatic imine (C=N–C) groups is 1. The van der Waals surface area contributed by atoms with Crippen molar-refractivity contribution >= 4 is 54.4 Å². The maximum atomic E-state index is 5.12.